The van der Waals surface area contributed by atoms with Gasteiger partial charge < -0.3 is 50.0 Å². The lowest BCUT2D eigenvalue weighted by molar-refractivity contribution is -0.144. The Morgan fingerprint density at radius 3 is 1.12 bits per heavy atom. The van der Waals surface area contributed by atoms with Crippen molar-refractivity contribution in [3.63, 3.8) is 0 Å². The summed E-state index contributed by atoms with van der Waals surface area (Å²) in [6.07, 6.45) is 0. The molecule has 6 unspecified atom stereocenters. The van der Waals surface area contributed by atoms with Crippen molar-refractivity contribution in [1.82, 2.24) is 9.62 Å². The standard InChI is InChI=1S/C15H19NO4S.C14H16ClNO2.C13H15ClN2O.C13H13ClN2.C13H14ClNO2.C8H13NO2.C6H4BrCl/c1-9-4-6-11(7-5-9)21(18,19)16-8-12-13(10(16)2)14(12)15(17)20-3;1-8-12-11(13(12)14(17)18-2)7-16(8)10-5-3-4-9(15)6-10;1-7-11-10(12(11)13(15)17)6-16(7)9-4-2-3-8(14)5-9;1-8-13-11(6-15)12(13)7-16(8)10-4-2-3-9(14)5-10;1-7-11-10(12(11)13(16)17)6-15(7)9-4-2-3-8(14)5-9;1-4-6-5(3-9-4)7(6)8(10)11-2;7-5-2-1-3-6(8)4-5/h4-7,10,12-14H,8H2,1-3H3;3-6,8,11-13H,7H2,1-2H3;2-5,7,10-12H,6H2,1H3,(H2,15,17);2-5,8,11-13H,7H2,1H3;2-5,7,10-12H,6H2,1H3,(H,16,17);4-7,9H,3H2,1-2H3;1-4H/t10?,12-,13+,14+;8?,11-,12+,13+;7?,10-,11+,12+;8?,11-,12-,13+;7?,10-,11+,12+;4?,5-,6+,7+;/m000100./s1. The second kappa shape index (κ2) is 33.2. The van der Waals surface area contributed by atoms with Crippen molar-refractivity contribution in [3.8, 4) is 6.07 Å². The highest BCUT2D eigenvalue weighted by Gasteiger charge is 2.68. The summed E-state index contributed by atoms with van der Waals surface area (Å²) in [4.78, 5) is 66.0. The highest BCUT2D eigenvalue weighted by atomic mass is 79.9. The normalized spacial score (nSPS) is 33.3. The third-order valence-corrected chi connectivity index (χ3v) is 28.6. The van der Waals surface area contributed by atoms with Crippen molar-refractivity contribution >= 4 is 136 Å². The van der Waals surface area contributed by atoms with Gasteiger partial charge in [0.05, 0.1) is 61.9 Å². The van der Waals surface area contributed by atoms with Gasteiger partial charge in [0.2, 0.25) is 15.9 Å². The van der Waals surface area contributed by atoms with Gasteiger partial charge in [-0.3, -0.25) is 24.0 Å². The SMILES string of the molecule is CC1[C@@H]2[C@H](CN1c1cccc(Cl)c1)[C@H]2C(=O)O.CC1[C@@H]2[C@H](CN1c1cccc(Cl)c1)[C@H]2C(N)=O.CC1[C@H]2[C@H](C#N)[C@H]2CN1c1cccc(Cl)c1.COC(=O)[C@@H]1[C@H]2CN(S(=O)(=O)c3ccc(C)cc3)C(C)[C@H]21.COC(=O)[C@@H]1[C@H]2CN(c3cccc(Cl)c3)C(C)[C@H]21.COC(=O)[C@@H]1[C@H]2CNC(C)[C@H]21.Clc1cccc(Br)c1. The molecule has 24 atom stereocenters. The Labute approximate surface area is 667 Å². The number of hydrogen-bond acceptors (Lipinski definition) is 16. The Hall–Kier alpha value is -6.84. The van der Waals surface area contributed by atoms with E-state index in [0.29, 0.717) is 107 Å². The minimum absolute atomic E-state index is 0.0200. The molecule has 0 bridgehead atoms. The molecule has 108 heavy (non-hydrogen) atoms. The number of nitrogens with one attached hydrogen (secondary N) is 1. The van der Waals surface area contributed by atoms with Crippen LogP contribution in [0.15, 0.2) is 155 Å². The maximum atomic E-state index is 12.7. The van der Waals surface area contributed by atoms with E-state index < -0.39 is 16.0 Å². The van der Waals surface area contributed by atoms with E-state index in [9.17, 15) is 32.4 Å². The number of nitriles is 1. The number of rotatable bonds is 11. The molecular formula is C82H94BrCl5N8O11S. The molecule has 4 N–H and O–H groups in total. The van der Waals surface area contributed by atoms with E-state index in [-0.39, 0.29) is 71.3 Å². The molecule has 6 saturated heterocycles. The summed E-state index contributed by atoms with van der Waals surface area (Å²) in [6.45, 7) is 19.7. The molecule has 1 amide bonds. The highest BCUT2D eigenvalue weighted by Crippen LogP contribution is 2.61. The van der Waals surface area contributed by atoms with Gasteiger partial charge in [-0.05, 0) is 223 Å². The number of carbonyl (C=O) groups excluding carboxylic acids is 4. The minimum atomic E-state index is -3.48. The van der Waals surface area contributed by atoms with Crippen molar-refractivity contribution in [2.24, 2.45) is 112 Å². The van der Waals surface area contributed by atoms with E-state index in [1.807, 2.05) is 117 Å². The number of carboxylic acids is 1. The Morgan fingerprint density at radius 2 is 0.833 bits per heavy atom. The molecule has 0 radical (unpaired) electrons. The lowest BCUT2D eigenvalue weighted by Crippen LogP contribution is -2.38. The minimum Gasteiger partial charge on any atom is -0.481 e. The first-order chi connectivity index (χ1) is 51.4. The molecule has 6 aliphatic carbocycles. The number of nitrogens with zero attached hydrogens (tertiary/aromatic N) is 6. The van der Waals surface area contributed by atoms with Crippen LogP contribution in [0.2, 0.25) is 25.1 Å². The Bertz CT molecular complexity index is 4380. The van der Waals surface area contributed by atoms with E-state index in [2.05, 4.69) is 99.7 Å². The first-order valence-corrected chi connectivity index (χ1v) is 41.1. The van der Waals surface area contributed by atoms with E-state index in [0.717, 1.165) is 84.9 Å². The van der Waals surface area contributed by atoms with E-state index in [1.165, 1.54) is 31.3 Å². The molecule has 12 aliphatic rings. The van der Waals surface area contributed by atoms with Gasteiger partial charge in [-0.2, -0.15) is 9.57 Å². The number of aliphatic carboxylic acids is 1. The van der Waals surface area contributed by atoms with Crippen LogP contribution in [0.3, 0.4) is 0 Å². The number of esters is 3. The van der Waals surface area contributed by atoms with Gasteiger partial charge in [-0.1, -0.05) is 122 Å². The molecular weight excluding hydrogens is 1560 g/mol. The van der Waals surface area contributed by atoms with E-state index in [1.54, 1.807) is 24.3 Å². The summed E-state index contributed by atoms with van der Waals surface area (Å²) < 4.78 is 42.2. The number of carbonyl (C=O) groups is 5. The van der Waals surface area contributed by atoms with Crippen molar-refractivity contribution < 1.29 is 51.7 Å². The zero-order chi connectivity index (χ0) is 77.8. The number of aryl methyl sites for hydroxylation is 1. The van der Waals surface area contributed by atoms with Gasteiger partial charge in [0.25, 0.3) is 0 Å². The number of amides is 1. The molecule has 6 heterocycles. The Morgan fingerprint density at radius 1 is 0.481 bits per heavy atom. The van der Waals surface area contributed by atoms with Crippen LogP contribution in [0.1, 0.15) is 47.1 Å². The zero-order valence-electron chi connectivity index (χ0n) is 61.9. The summed E-state index contributed by atoms with van der Waals surface area (Å²) in [5.41, 5.74) is 11.0. The van der Waals surface area contributed by atoms with Crippen molar-refractivity contribution in [2.75, 3.05) is 80.2 Å². The number of benzene rings is 6. The van der Waals surface area contributed by atoms with Crippen LogP contribution < -0.4 is 30.7 Å². The molecule has 6 aromatic rings. The van der Waals surface area contributed by atoms with Crippen LogP contribution in [0.4, 0.5) is 22.7 Å². The number of hydrogen-bond donors (Lipinski definition) is 3. The first-order valence-electron chi connectivity index (χ1n) is 36.9. The predicted molar refractivity (Wildman–Crippen MR) is 426 cm³/mol. The maximum absolute atomic E-state index is 12.7. The molecule has 19 nitrogen and oxygen atoms in total. The highest BCUT2D eigenvalue weighted by molar-refractivity contribution is 9.10. The number of fused-ring (bicyclic) bond motifs is 6. The molecule has 12 fully saturated rings. The molecule has 6 aromatic carbocycles. The quantitative estimate of drug-likeness (QED) is 0.0806. The number of nitrogens with two attached hydrogens (primary N) is 1. The largest absolute Gasteiger partial charge is 0.481 e. The van der Waals surface area contributed by atoms with Crippen LogP contribution in [0, 0.1) is 125 Å². The van der Waals surface area contributed by atoms with Crippen LogP contribution in [-0.2, 0) is 48.2 Å². The number of sulfonamides is 1. The van der Waals surface area contributed by atoms with Gasteiger partial charge in [-0.25, -0.2) is 8.42 Å². The van der Waals surface area contributed by atoms with Gasteiger partial charge in [-0.15, -0.1) is 0 Å². The topological polar surface area (TPSA) is 245 Å². The number of primary amides is 1. The van der Waals surface area contributed by atoms with Crippen LogP contribution >= 0.6 is 73.9 Å². The molecule has 0 aromatic heterocycles. The molecule has 6 aliphatic heterocycles. The number of carboxylic acid groups (broad SMARTS) is 1. The number of piperidine rings is 6. The van der Waals surface area contributed by atoms with Crippen molar-refractivity contribution in [3.05, 3.63) is 181 Å². The zero-order valence-corrected chi connectivity index (χ0v) is 68.1. The number of anilines is 4. The molecule has 576 valence electrons. The van der Waals surface area contributed by atoms with Gasteiger partial charge in [0.15, 0.2) is 0 Å². The summed E-state index contributed by atoms with van der Waals surface area (Å²) in [5.74, 6) is 4.27. The Balaban J connectivity index is 0.000000119. The molecule has 18 rings (SSSR count). The fourth-order valence-corrected chi connectivity index (χ4v) is 22.3. The maximum Gasteiger partial charge on any atom is 0.309 e. The summed E-state index contributed by atoms with van der Waals surface area (Å²) >= 11 is 32.9. The summed E-state index contributed by atoms with van der Waals surface area (Å²) in [7, 11) is 0.830. The van der Waals surface area contributed by atoms with Gasteiger partial charge >= 0.3 is 23.9 Å². The van der Waals surface area contributed by atoms with Crippen LogP contribution in [-0.4, -0.2) is 144 Å². The molecule has 6 saturated carbocycles. The van der Waals surface area contributed by atoms with Crippen molar-refractivity contribution in [1.29, 1.82) is 5.26 Å². The fourth-order valence-electron chi connectivity index (χ4n) is 19.2. The van der Waals surface area contributed by atoms with Crippen LogP contribution in [0.25, 0.3) is 0 Å². The fraction of sp³-hybridized carbons (Fsp3) is 0.488. The lowest BCUT2D eigenvalue weighted by atomic mass is 10.1. The molecule has 0 spiro atoms. The van der Waals surface area contributed by atoms with Gasteiger partial charge in [0, 0.05) is 133 Å². The van der Waals surface area contributed by atoms with E-state index >= 15 is 0 Å². The smallest absolute Gasteiger partial charge is 0.309 e. The van der Waals surface area contributed by atoms with Gasteiger partial charge in [0.1, 0.15) is 0 Å². The number of methoxy groups -OCH3 is 3. The predicted octanol–water partition coefficient (Wildman–Crippen LogP) is 14.4. The summed E-state index contributed by atoms with van der Waals surface area (Å²) in [5, 5.41) is 25.1. The second-order valence-electron chi connectivity index (χ2n) is 30.8. The average Bonchev–Trinajstić information content (AvgIpc) is 1.57. The third kappa shape index (κ3) is 16.8. The number of halogens is 6. The average molecular weight is 1660 g/mol. The van der Waals surface area contributed by atoms with Crippen LogP contribution in [0.5, 0.6) is 0 Å². The van der Waals surface area contributed by atoms with Crippen molar-refractivity contribution in [2.45, 2.75) is 89.6 Å². The lowest BCUT2D eigenvalue weighted by Gasteiger charge is -2.28. The first kappa shape index (κ1) is 80.7. The Kier molecular flexibility index (Phi) is 24.8. The number of ether oxygens (including phenoxy) is 3. The summed E-state index contributed by atoms with van der Waals surface area (Å²) in [6, 6.07) is 50.1. The monoisotopic (exact) mass is 1650 g/mol. The molecule has 26 heteroatoms. The second-order valence-corrected chi connectivity index (χ2v) is 35.8. The third-order valence-electron chi connectivity index (χ3n) is 25.0. The van der Waals surface area contributed by atoms with E-state index in [4.69, 9.17) is 88.3 Å².